The van der Waals surface area contributed by atoms with E-state index < -0.39 is 0 Å². The lowest BCUT2D eigenvalue weighted by Gasteiger charge is -2.10. The van der Waals surface area contributed by atoms with Crippen LogP contribution in [0, 0.1) is 12.7 Å². The maximum absolute atomic E-state index is 13.2. The highest BCUT2D eigenvalue weighted by Gasteiger charge is 2.12. The zero-order valence-corrected chi connectivity index (χ0v) is 16.2. The molecule has 0 atom stereocenters. The largest absolute Gasteiger partial charge is 0.352 e. The van der Waals surface area contributed by atoms with Crippen LogP contribution >= 0.6 is 0 Å². The van der Waals surface area contributed by atoms with Crippen LogP contribution in [0.2, 0.25) is 0 Å². The summed E-state index contributed by atoms with van der Waals surface area (Å²) in [6, 6.07) is 22.0. The van der Waals surface area contributed by atoms with Crippen molar-refractivity contribution in [2.75, 3.05) is 6.54 Å². The third-order valence-corrected chi connectivity index (χ3v) is 4.90. The number of nitrogens with zero attached hydrogens (tertiary/aromatic N) is 2. The number of halogens is 1. The lowest BCUT2D eigenvalue weighted by atomic mass is 10.1. The average molecular weight is 387 g/mol. The molecule has 4 rings (SSSR count). The number of hydrogen-bond donors (Lipinski definition) is 1. The first-order chi connectivity index (χ1) is 14.1. The molecule has 1 N–H and O–H groups in total. The van der Waals surface area contributed by atoms with E-state index in [9.17, 15) is 9.18 Å². The molecule has 0 bridgehead atoms. The fourth-order valence-corrected chi connectivity index (χ4v) is 3.44. The van der Waals surface area contributed by atoms with E-state index in [-0.39, 0.29) is 11.7 Å². The van der Waals surface area contributed by atoms with Gasteiger partial charge in [0.15, 0.2) is 0 Å². The number of fused-ring (bicyclic) bond motifs is 1. The Morgan fingerprint density at radius 3 is 2.62 bits per heavy atom. The lowest BCUT2D eigenvalue weighted by molar-refractivity contribution is 0.0954. The summed E-state index contributed by atoms with van der Waals surface area (Å²) in [6.45, 7) is 3.05. The second-order valence-corrected chi connectivity index (χ2v) is 7.10. The molecule has 1 aromatic heterocycles. The molecule has 0 aliphatic rings. The predicted molar refractivity (Wildman–Crippen MR) is 112 cm³/mol. The van der Waals surface area contributed by atoms with E-state index in [1.807, 2.05) is 55.5 Å². The molecule has 0 saturated heterocycles. The first-order valence-corrected chi connectivity index (χ1v) is 9.63. The molecule has 29 heavy (non-hydrogen) atoms. The molecule has 0 spiro atoms. The number of carbonyl (C=O) groups is 1. The SMILES string of the molecule is Cc1cccc(C(=O)NCCc2nc3ccccc3n2Cc2ccc(F)cc2)c1. The number of nitrogens with one attached hydrogen (secondary N) is 1. The Hall–Kier alpha value is -3.47. The second-order valence-electron chi connectivity index (χ2n) is 7.10. The number of amides is 1. The lowest BCUT2D eigenvalue weighted by Crippen LogP contribution is -2.26. The van der Waals surface area contributed by atoms with Gasteiger partial charge in [0.2, 0.25) is 0 Å². The van der Waals surface area contributed by atoms with E-state index in [0.29, 0.717) is 25.1 Å². The summed E-state index contributed by atoms with van der Waals surface area (Å²) in [5.41, 5.74) is 4.65. The van der Waals surface area contributed by atoms with Gasteiger partial charge < -0.3 is 9.88 Å². The Bertz CT molecular complexity index is 1150. The zero-order valence-electron chi connectivity index (χ0n) is 16.2. The molecule has 0 aliphatic carbocycles. The monoisotopic (exact) mass is 387 g/mol. The number of imidazole rings is 1. The van der Waals surface area contributed by atoms with Crippen LogP contribution in [0.4, 0.5) is 4.39 Å². The van der Waals surface area contributed by atoms with Crippen molar-refractivity contribution in [3.8, 4) is 0 Å². The maximum Gasteiger partial charge on any atom is 0.251 e. The first-order valence-electron chi connectivity index (χ1n) is 9.63. The van der Waals surface area contributed by atoms with Crippen LogP contribution < -0.4 is 5.32 Å². The maximum atomic E-state index is 13.2. The van der Waals surface area contributed by atoms with Gasteiger partial charge in [-0.2, -0.15) is 0 Å². The number of aromatic nitrogens is 2. The first kappa shape index (κ1) is 18.9. The normalized spacial score (nSPS) is 11.0. The molecule has 1 amide bonds. The van der Waals surface area contributed by atoms with E-state index in [0.717, 1.165) is 28.0 Å². The highest BCUT2D eigenvalue weighted by molar-refractivity contribution is 5.94. The molecule has 5 heteroatoms. The van der Waals surface area contributed by atoms with Gasteiger partial charge in [-0.3, -0.25) is 4.79 Å². The summed E-state index contributed by atoms with van der Waals surface area (Å²) in [4.78, 5) is 17.1. The molecular weight excluding hydrogens is 365 g/mol. The Labute approximate surface area is 169 Å². The van der Waals surface area contributed by atoms with Gasteiger partial charge in [-0.15, -0.1) is 0 Å². The summed E-state index contributed by atoms with van der Waals surface area (Å²) in [7, 11) is 0. The summed E-state index contributed by atoms with van der Waals surface area (Å²) in [5, 5.41) is 2.98. The van der Waals surface area contributed by atoms with E-state index >= 15 is 0 Å². The van der Waals surface area contributed by atoms with Gasteiger partial charge in [0, 0.05) is 25.1 Å². The van der Waals surface area contributed by atoms with Crippen LogP contribution in [0.1, 0.15) is 27.3 Å². The molecule has 4 nitrogen and oxygen atoms in total. The smallest absolute Gasteiger partial charge is 0.251 e. The molecule has 0 fully saturated rings. The summed E-state index contributed by atoms with van der Waals surface area (Å²) >= 11 is 0. The number of benzene rings is 3. The van der Waals surface area contributed by atoms with Gasteiger partial charge in [0.1, 0.15) is 11.6 Å². The Kier molecular flexibility index (Phi) is 5.38. The van der Waals surface area contributed by atoms with Crippen molar-refractivity contribution < 1.29 is 9.18 Å². The Morgan fingerprint density at radius 2 is 1.83 bits per heavy atom. The molecule has 0 aliphatic heterocycles. The van der Waals surface area contributed by atoms with Gasteiger partial charge in [-0.1, -0.05) is 42.0 Å². The van der Waals surface area contributed by atoms with E-state index in [1.54, 1.807) is 12.1 Å². The number of para-hydroxylation sites is 2. The van der Waals surface area contributed by atoms with E-state index in [1.165, 1.54) is 12.1 Å². The Balaban J connectivity index is 1.52. The van der Waals surface area contributed by atoms with Crippen molar-refractivity contribution in [1.82, 2.24) is 14.9 Å². The molecule has 4 aromatic rings. The van der Waals surface area contributed by atoms with Gasteiger partial charge in [0.05, 0.1) is 11.0 Å². The van der Waals surface area contributed by atoms with Crippen molar-refractivity contribution in [3.05, 3.63) is 101 Å². The average Bonchev–Trinajstić information content (AvgIpc) is 3.07. The number of carbonyl (C=O) groups excluding carboxylic acids is 1. The van der Waals surface area contributed by atoms with Crippen molar-refractivity contribution >= 4 is 16.9 Å². The van der Waals surface area contributed by atoms with Crippen LogP contribution in [0.3, 0.4) is 0 Å². The quantitative estimate of drug-likeness (QED) is 0.529. The number of hydrogen-bond acceptors (Lipinski definition) is 2. The van der Waals surface area contributed by atoms with Crippen LogP contribution in [-0.4, -0.2) is 22.0 Å². The van der Waals surface area contributed by atoms with Crippen molar-refractivity contribution in [2.24, 2.45) is 0 Å². The summed E-state index contributed by atoms with van der Waals surface area (Å²) < 4.78 is 15.4. The standard InChI is InChI=1S/C24H22FN3O/c1-17-5-4-6-19(15-17)24(29)26-14-13-23-27-21-7-2-3-8-22(21)28(23)16-18-9-11-20(25)12-10-18/h2-12,15H,13-14,16H2,1H3,(H,26,29). The molecule has 146 valence electrons. The zero-order chi connectivity index (χ0) is 20.2. The summed E-state index contributed by atoms with van der Waals surface area (Å²) in [6.07, 6.45) is 0.605. The van der Waals surface area contributed by atoms with E-state index in [2.05, 4.69) is 9.88 Å². The highest BCUT2D eigenvalue weighted by atomic mass is 19.1. The van der Waals surface area contributed by atoms with Gasteiger partial charge in [0.25, 0.3) is 5.91 Å². The third-order valence-electron chi connectivity index (χ3n) is 4.90. The van der Waals surface area contributed by atoms with Crippen LogP contribution in [0.25, 0.3) is 11.0 Å². The molecular formula is C24H22FN3O. The van der Waals surface area contributed by atoms with Crippen LogP contribution in [0.15, 0.2) is 72.8 Å². The molecule has 0 saturated carbocycles. The number of rotatable bonds is 6. The Morgan fingerprint density at radius 1 is 1.03 bits per heavy atom. The predicted octanol–water partition coefficient (Wildman–Crippen LogP) is 4.50. The highest BCUT2D eigenvalue weighted by Crippen LogP contribution is 2.18. The van der Waals surface area contributed by atoms with Gasteiger partial charge >= 0.3 is 0 Å². The van der Waals surface area contributed by atoms with E-state index in [4.69, 9.17) is 4.98 Å². The van der Waals surface area contributed by atoms with Crippen molar-refractivity contribution in [1.29, 1.82) is 0 Å². The van der Waals surface area contributed by atoms with Crippen LogP contribution in [-0.2, 0) is 13.0 Å². The molecule has 0 radical (unpaired) electrons. The second kappa shape index (κ2) is 8.27. The molecule has 0 unspecified atom stereocenters. The fourth-order valence-electron chi connectivity index (χ4n) is 3.44. The van der Waals surface area contributed by atoms with Crippen molar-refractivity contribution in [2.45, 2.75) is 19.9 Å². The summed E-state index contributed by atoms with van der Waals surface area (Å²) in [5.74, 6) is 0.554. The minimum atomic E-state index is -0.247. The third kappa shape index (κ3) is 4.35. The van der Waals surface area contributed by atoms with Crippen LogP contribution in [0.5, 0.6) is 0 Å². The molecule has 1 heterocycles. The topological polar surface area (TPSA) is 46.9 Å². The van der Waals surface area contributed by atoms with Gasteiger partial charge in [-0.05, 0) is 48.9 Å². The number of aryl methyl sites for hydroxylation is 1. The van der Waals surface area contributed by atoms with Crippen molar-refractivity contribution in [3.63, 3.8) is 0 Å². The fraction of sp³-hybridized carbons (Fsp3) is 0.167. The minimum absolute atomic E-state index is 0.0881. The molecule has 3 aromatic carbocycles. The van der Waals surface area contributed by atoms with Gasteiger partial charge in [-0.25, -0.2) is 9.37 Å². The minimum Gasteiger partial charge on any atom is -0.352 e.